The monoisotopic (exact) mass is 226 g/mol. The molecule has 1 atom stereocenters. The number of hydrogen-bond donors (Lipinski definition) is 2. The Morgan fingerprint density at radius 2 is 2.27 bits per heavy atom. The van der Waals surface area contributed by atoms with E-state index < -0.39 is 5.97 Å². The van der Waals surface area contributed by atoms with Gasteiger partial charge in [0.1, 0.15) is 0 Å². The summed E-state index contributed by atoms with van der Waals surface area (Å²) in [6.07, 6.45) is 1.45. The van der Waals surface area contributed by atoms with Crippen LogP contribution >= 0.6 is 11.3 Å². The predicted molar refractivity (Wildman–Crippen MR) is 61.0 cm³/mol. The summed E-state index contributed by atoms with van der Waals surface area (Å²) in [5.74, 6) is -0.932. The molecule has 82 valence electrons. The molecule has 0 aliphatic rings. The minimum absolute atomic E-state index is 0.361. The lowest BCUT2D eigenvalue weighted by Gasteiger charge is -1.99. The molecule has 4 heteroatoms. The second-order valence-corrected chi connectivity index (χ2v) is 4.65. The maximum absolute atomic E-state index is 10.5. The molecular weight excluding hydrogens is 212 g/mol. The minimum Gasteiger partial charge on any atom is -0.478 e. The van der Waals surface area contributed by atoms with Crippen LogP contribution in [0.3, 0.4) is 0 Å². The van der Waals surface area contributed by atoms with Crippen molar-refractivity contribution in [3.05, 3.63) is 28.0 Å². The number of aliphatic hydroxyl groups is 1. The van der Waals surface area contributed by atoms with Gasteiger partial charge in [-0.2, -0.15) is 0 Å². The average molecular weight is 226 g/mol. The molecule has 2 N–H and O–H groups in total. The molecule has 1 heterocycles. The van der Waals surface area contributed by atoms with E-state index in [-0.39, 0.29) is 6.10 Å². The molecule has 0 aliphatic heterocycles. The molecule has 0 saturated carbocycles. The maximum Gasteiger partial charge on any atom is 0.328 e. The highest BCUT2D eigenvalue weighted by Gasteiger charge is 2.05. The van der Waals surface area contributed by atoms with Crippen molar-refractivity contribution in [2.24, 2.45) is 0 Å². The quantitative estimate of drug-likeness (QED) is 0.773. The van der Waals surface area contributed by atoms with Crippen LogP contribution in [0.4, 0.5) is 0 Å². The molecular formula is C11H14O3S. The number of allylic oxidation sites excluding steroid dienone is 1. The fourth-order valence-corrected chi connectivity index (χ4v) is 2.35. The average Bonchev–Trinajstić information content (AvgIpc) is 2.50. The zero-order valence-corrected chi connectivity index (χ0v) is 9.54. The van der Waals surface area contributed by atoms with Gasteiger partial charge in [0.2, 0.25) is 0 Å². The molecule has 0 aromatic carbocycles. The Balaban J connectivity index is 2.80. The Kier molecular flexibility index (Phi) is 4.05. The molecule has 0 bridgehead atoms. The minimum atomic E-state index is -0.932. The first-order chi connectivity index (χ1) is 6.99. The summed E-state index contributed by atoms with van der Waals surface area (Å²) in [5, 5.41) is 17.8. The largest absolute Gasteiger partial charge is 0.478 e. The molecule has 0 fully saturated rings. The summed E-state index contributed by atoms with van der Waals surface area (Å²) in [7, 11) is 0. The number of carboxylic acid groups (broad SMARTS) is 1. The summed E-state index contributed by atoms with van der Waals surface area (Å²) in [6, 6.07) is 3.81. The van der Waals surface area contributed by atoms with Crippen LogP contribution in [-0.4, -0.2) is 22.3 Å². The number of aliphatic carboxylic acids is 1. The third kappa shape index (κ3) is 3.85. The Morgan fingerprint density at radius 1 is 1.60 bits per heavy atom. The van der Waals surface area contributed by atoms with Crippen LogP contribution in [0.5, 0.6) is 0 Å². The van der Waals surface area contributed by atoms with Gasteiger partial charge >= 0.3 is 5.97 Å². The zero-order chi connectivity index (χ0) is 11.4. The number of aliphatic hydroxyl groups excluding tert-OH is 1. The van der Waals surface area contributed by atoms with Gasteiger partial charge in [-0.3, -0.25) is 0 Å². The number of hydrogen-bond acceptors (Lipinski definition) is 3. The Morgan fingerprint density at radius 3 is 2.80 bits per heavy atom. The first-order valence-electron chi connectivity index (χ1n) is 4.67. The van der Waals surface area contributed by atoms with Crippen molar-refractivity contribution in [3.63, 3.8) is 0 Å². The highest BCUT2D eigenvalue weighted by atomic mass is 32.1. The van der Waals surface area contributed by atoms with Gasteiger partial charge in [0.25, 0.3) is 0 Å². The lowest BCUT2D eigenvalue weighted by molar-refractivity contribution is -0.131. The van der Waals surface area contributed by atoms with Crippen LogP contribution in [0.2, 0.25) is 0 Å². The first-order valence-corrected chi connectivity index (χ1v) is 5.49. The normalized spacial score (nSPS) is 13.9. The second kappa shape index (κ2) is 5.09. The van der Waals surface area contributed by atoms with Crippen LogP contribution in [0, 0.1) is 0 Å². The van der Waals surface area contributed by atoms with E-state index in [2.05, 4.69) is 0 Å². The molecule has 1 rings (SSSR count). The van der Waals surface area contributed by atoms with Crippen molar-refractivity contribution >= 4 is 22.9 Å². The molecule has 0 amide bonds. The summed E-state index contributed by atoms with van der Waals surface area (Å²) in [4.78, 5) is 12.5. The number of carbonyl (C=O) groups is 1. The van der Waals surface area contributed by atoms with Crippen molar-refractivity contribution in [2.45, 2.75) is 26.4 Å². The molecule has 1 unspecified atom stereocenters. The summed E-state index contributed by atoms with van der Waals surface area (Å²) in [6.45, 7) is 3.51. The third-order valence-corrected chi connectivity index (χ3v) is 3.13. The fraction of sp³-hybridized carbons (Fsp3) is 0.364. The smallest absolute Gasteiger partial charge is 0.328 e. The Bertz CT molecular complexity index is 377. The molecule has 0 radical (unpaired) electrons. The standard InChI is InChI=1S/C11H14O3S/c1-7(5-11(13)14)10-4-3-9(15-10)6-8(2)12/h3-5,8,12H,6H2,1-2H3,(H,13,14)/b7-5+. The van der Waals surface area contributed by atoms with Crippen LogP contribution in [-0.2, 0) is 11.2 Å². The molecule has 0 spiro atoms. The molecule has 3 nitrogen and oxygen atoms in total. The maximum atomic E-state index is 10.5. The van der Waals surface area contributed by atoms with Crippen LogP contribution in [0.1, 0.15) is 23.6 Å². The zero-order valence-electron chi connectivity index (χ0n) is 8.73. The second-order valence-electron chi connectivity index (χ2n) is 3.48. The van der Waals surface area contributed by atoms with E-state index in [4.69, 9.17) is 5.11 Å². The van der Waals surface area contributed by atoms with E-state index in [0.29, 0.717) is 6.42 Å². The van der Waals surface area contributed by atoms with Gasteiger partial charge in [0.15, 0.2) is 0 Å². The summed E-state index contributed by atoms with van der Waals surface area (Å²) >= 11 is 1.52. The number of rotatable bonds is 4. The van der Waals surface area contributed by atoms with Crippen molar-refractivity contribution in [1.29, 1.82) is 0 Å². The Labute approximate surface area is 92.7 Å². The molecule has 0 aliphatic carbocycles. The highest BCUT2D eigenvalue weighted by Crippen LogP contribution is 2.24. The van der Waals surface area contributed by atoms with Gasteiger partial charge in [-0.15, -0.1) is 11.3 Å². The molecule has 0 saturated heterocycles. The first kappa shape index (κ1) is 11.9. The predicted octanol–water partition coefficient (Wildman–Crippen LogP) is 2.16. The van der Waals surface area contributed by atoms with E-state index in [9.17, 15) is 9.90 Å². The van der Waals surface area contributed by atoms with Gasteiger partial charge in [0, 0.05) is 22.3 Å². The van der Waals surface area contributed by atoms with E-state index in [0.717, 1.165) is 15.3 Å². The van der Waals surface area contributed by atoms with Crippen molar-refractivity contribution in [2.75, 3.05) is 0 Å². The SMILES string of the molecule is C/C(=C\C(=O)O)c1ccc(CC(C)O)s1. The summed E-state index contributed by atoms with van der Waals surface area (Å²) in [5.41, 5.74) is 0.740. The van der Waals surface area contributed by atoms with Crippen LogP contribution < -0.4 is 0 Å². The topological polar surface area (TPSA) is 57.5 Å². The molecule has 1 aromatic heterocycles. The van der Waals surface area contributed by atoms with Crippen molar-refractivity contribution in [3.8, 4) is 0 Å². The van der Waals surface area contributed by atoms with Crippen molar-refractivity contribution < 1.29 is 15.0 Å². The third-order valence-electron chi connectivity index (χ3n) is 1.89. The number of carboxylic acids is 1. The van der Waals surface area contributed by atoms with Crippen molar-refractivity contribution in [1.82, 2.24) is 0 Å². The summed E-state index contributed by atoms with van der Waals surface area (Å²) < 4.78 is 0. The van der Waals surface area contributed by atoms with Gasteiger partial charge < -0.3 is 10.2 Å². The fourth-order valence-electron chi connectivity index (χ4n) is 1.25. The lowest BCUT2D eigenvalue weighted by atomic mass is 10.2. The van der Waals surface area contributed by atoms with E-state index >= 15 is 0 Å². The van der Waals surface area contributed by atoms with Crippen LogP contribution in [0.15, 0.2) is 18.2 Å². The number of thiophene rings is 1. The highest BCUT2D eigenvalue weighted by molar-refractivity contribution is 7.13. The lowest BCUT2D eigenvalue weighted by Crippen LogP contribution is -2.01. The van der Waals surface area contributed by atoms with E-state index in [1.54, 1.807) is 13.8 Å². The molecule has 15 heavy (non-hydrogen) atoms. The Hall–Kier alpha value is -1.13. The van der Waals surface area contributed by atoms with Gasteiger partial charge in [-0.25, -0.2) is 4.79 Å². The van der Waals surface area contributed by atoms with E-state index in [1.165, 1.54) is 17.4 Å². The van der Waals surface area contributed by atoms with Crippen LogP contribution in [0.25, 0.3) is 5.57 Å². The van der Waals surface area contributed by atoms with E-state index in [1.807, 2.05) is 12.1 Å². The van der Waals surface area contributed by atoms with Gasteiger partial charge in [-0.1, -0.05) is 0 Å². The molecule has 1 aromatic rings. The van der Waals surface area contributed by atoms with Gasteiger partial charge in [-0.05, 0) is 31.6 Å². The van der Waals surface area contributed by atoms with Gasteiger partial charge in [0.05, 0.1) is 6.10 Å².